The van der Waals surface area contributed by atoms with Crippen molar-refractivity contribution in [3.05, 3.63) is 46.5 Å². The molecular formula is C22H25N5O4S. The lowest BCUT2D eigenvalue weighted by molar-refractivity contribution is -0.132. The fourth-order valence-corrected chi connectivity index (χ4v) is 4.78. The number of carbonyl (C=O) groups is 3. The first kappa shape index (κ1) is 21.8. The van der Waals surface area contributed by atoms with Gasteiger partial charge in [-0.25, -0.2) is 4.79 Å². The molecule has 168 valence electrons. The number of benzene rings is 1. The molecule has 0 radical (unpaired) electrons. The maximum Gasteiger partial charge on any atom is 0.344 e. The Morgan fingerprint density at radius 2 is 2.06 bits per heavy atom. The number of hydrazine groups is 1. The van der Waals surface area contributed by atoms with Crippen LogP contribution in [0.15, 0.2) is 30.3 Å². The first-order valence-electron chi connectivity index (χ1n) is 10.2. The van der Waals surface area contributed by atoms with Crippen LogP contribution in [-0.2, 0) is 16.9 Å². The molecule has 2 N–H and O–H groups in total. The topological polar surface area (TPSA) is 106 Å². The zero-order valence-electron chi connectivity index (χ0n) is 18.6. The Morgan fingerprint density at radius 1 is 1.31 bits per heavy atom. The van der Waals surface area contributed by atoms with Gasteiger partial charge in [-0.3, -0.25) is 19.7 Å². The van der Waals surface area contributed by atoms with Crippen LogP contribution in [0.5, 0.6) is 5.75 Å². The van der Waals surface area contributed by atoms with E-state index in [1.54, 1.807) is 37.3 Å². The fourth-order valence-electron chi connectivity index (χ4n) is 3.72. The lowest BCUT2D eigenvalue weighted by Crippen LogP contribution is -2.47. The Morgan fingerprint density at radius 3 is 2.75 bits per heavy atom. The van der Waals surface area contributed by atoms with Crippen LogP contribution in [0.3, 0.4) is 0 Å². The number of rotatable bonds is 6. The van der Waals surface area contributed by atoms with Crippen LogP contribution in [0.2, 0.25) is 0 Å². The summed E-state index contributed by atoms with van der Waals surface area (Å²) in [4.78, 5) is 39.9. The second kappa shape index (κ2) is 7.94. The zero-order valence-corrected chi connectivity index (χ0v) is 19.4. The van der Waals surface area contributed by atoms with Crippen molar-refractivity contribution in [1.29, 1.82) is 0 Å². The van der Waals surface area contributed by atoms with Crippen LogP contribution in [0, 0.1) is 12.8 Å². The second-order valence-corrected chi connectivity index (χ2v) is 9.39. The fraction of sp³-hybridized carbons (Fsp3) is 0.364. The van der Waals surface area contributed by atoms with E-state index in [0.29, 0.717) is 22.1 Å². The van der Waals surface area contributed by atoms with E-state index in [2.05, 4.69) is 29.7 Å². The molecule has 1 aliphatic heterocycles. The number of nitrogens with one attached hydrogen (secondary N) is 2. The summed E-state index contributed by atoms with van der Waals surface area (Å²) in [6, 6.07) is 7.93. The molecule has 1 saturated heterocycles. The Bertz CT molecular complexity index is 1230. The Labute approximate surface area is 189 Å². The van der Waals surface area contributed by atoms with Crippen molar-refractivity contribution in [2.45, 2.75) is 39.8 Å². The lowest BCUT2D eigenvalue weighted by atomic mass is 9.92. The van der Waals surface area contributed by atoms with E-state index >= 15 is 0 Å². The summed E-state index contributed by atoms with van der Waals surface area (Å²) in [7, 11) is 1.52. The van der Waals surface area contributed by atoms with Crippen molar-refractivity contribution < 1.29 is 19.1 Å². The van der Waals surface area contributed by atoms with Crippen LogP contribution < -0.4 is 15.5 Å². The van der Waals surface area contributed by atoms with Crippen molar-refractivity contribution in [2.24, 2.45) is 5.92 Å². The highest BCUT2D eigenvalue weighted by Crippen LogP contribution is 2.31. The largest absolute Gasteiger partial charge is 0.497 e. The lowest BCUT2D eigenvalue weighted by Gasteiger charge is -2.22. The summed E-state index contributed by atoms with van der Waals surface area (Å²) in [5.74, 6) is -0.145. The Hall–Kier alpha value is -3.40. The van der Waals surface area contributed by atoms with Crippen LogP contribution in [0.25, 0.3) is 10.2 Å². The van der Waals surface area contributed by atoms with Crippen molar-refractivity contribution >= 4 is 39.4 Å². The van der Waals surface area contributed by atoms with Crippen molar-refractivity contribution in [2.75, 3.05) is 7.11 Å². The third-order valence-electron chi connectivity index (χ3n) is 5.42. The monoisotopic (exact) mass is 455 g/mol. The quantitative estimate of drug-likeness (QED) is 0.556. The minimum atomic E-state index is -1.33. The average Bonchev–Trinajstić information content (AvgIpc) is 3.38. The van der Waals surface area contributed by atoms with Crippen LogP contribution in [0.4, 0.5) is 4.79 Å². The number of aromatic nitrogens is 2. The highest BCUT2D eigenvalue weighted by atomic mass is 32.1. The Kier molecular flexibility index (Phi) is 5.41. The number of nitrogens with zero attached hydrogens (tertiary/aromatic N) is 3. The third-order valence-corrected chi connectivity index (χ3v) is 6.57. The molecule has 0 spiro atoms. The van der Waals surface area contributed by atoms with Crippen molar-refractivity contribution in [1.82, 2.24) is 25.5 Å². The number of hydrogen-bond acceptors (Lipinski definition) is 6. The van der Waals surface area contributed by atoms with Gasteiger partial charge in [-0.1, -0.05) is 26.0 Å². The van der Waals surface area contributed by atoms with Crippen molar-refractivity contribution in [3.8, 4) is 5.75 Å². The number of aryl methyl sites for hydroxylation is 1. The van der Waals surface area contributed by atoms with E-state index in [1.807, 2.05) is 11.6 Å². The maximum absolute atomic E-state index is 13.1. The highest BCUT2D eigenvalue weighted by Gasteiger charge is 2.50. The maximum atomic E-state index is 13.1. The first-order valence-corrected chi connectivity index (χ1v) is 11.0. The molecule has 0 unspecified atom stereocenters. The van der Waals surface area contributed by atoms with E-state index in [0.717, 1.165) is 27.5 Å². The number of imide groups is 1. The zero-order chi connectivity index (χ0) is 23.2. The van der Waals surface area contributed by atoms with Gasteiger partial charge in [0.2, 0.25) is 0 Å². The minimum Gasteiger partial charge on any atom is -0.497 e. The molecule has 1 aliphatic rings. The van der Waals surface area contributed by atoms with Crippen LogP contribution >= 0.6 is 11.3 Å². The molecule has 4 rings (SSSR count). The van der Waals surface area contributed by atoms with Gasteiger partial charge in [-0.15, -0.1) is 11.3 Å². The summed E-state index contributed by atoms with van der Waals surface area (Å²) < 4.78 is 7.12. The molecule has 10 heteroatoms. The van der Waals surface area contributed by atoms with Crippen molar-refractivity contribution in [3.63, 3.8) is 0 Å². The number of amides is 4. The Balaban J connectivity index is 1.58. The first-order chi connectivity index (χ1) is 15.1. The number of hydrogen-bond donors (Lipinski definition) is 2. The molecule has 32 heavy (non-hydrogen) atoms. The van der Waals surface area contributed by atoms with Gasteiger partial charge in [0, 0.05) is 11.9 Å². The van der Waals surface area contributed by atoms with E-state index in [-0.39, 0.29) is 0 Å². The molecule has 1 aromatic carbocycles. The highest BCUT2D eigenvalue weighted by molar-refractivity contribution is 7.20. The van der Waals surface area contributed by atoms with Gasteiger partial charge in [-0.05, 0) is 43.5 Å². The molecule has 0 bridgehead atoms. The molecule has 9 nitrogen and oxygen atoms in total. The van der Waals surface area contributed by atoms with Crippen LogP contribution in [0.1, 0.15) is 41.7 Å². The van der Waals surface area contributed by atoms with E-state index in [4.69, 9.17) is 4.74 Å². The summed E-state index contributed by atoms with van der Waals surface area (Å²) in [6.07, 6.45) is 0. The SMILES string of the molecule is COc1cccc([C@@]2(C)NC(=O)N(NC(=O)c3cc4c(C)nn(CC(C)C)c4s3)C2=O)c1. The molecule has 2 aromatic heterocycles. The molecule has 4 amide bonds. The van der Waals surface area contributed by atoms with Gasteiger partial charge in [0.15, 0.2) is 0 Å². The molecular weight excluding hydrogens is 430 g/mol. The predicted molar refractivity (Wildman–Crippen MR) is 120 cm³/mol. The standard InChI is InChI=1S/C22H25N5O4S/c1-12(2)11-26-19-16(13(3)24-26)10-17(32-19)18(28)25-27-20(29)22(4,23-21(27)30)14-7-6-8-15(9-14)31-5/h6-10,12H,11H2,1-5H3,(H,23,30)(H,25,28)/t22-/m1/s1. The molecule has 3 heterocycles. The summed E-state index contributed by atoms with van der Waals surface area (Å²) in [5, 5.41) is 8.84. The molecule has 3 aromatic rings. The van der Waals surface area contributed by atoms with E-state index in [9.17, 15) is 14.4 Å². The smallest absolute Gasteiger partial charge is 0.344 e. The predicted octanol–water partition coefficient (Wildman–Crippen LogP) is 3.18. The van der Waals surface area contributed by atoms with Crippen LogP contribution in [-0.4, -0.2) is 39.7 Å². The summed E-state index contributed by atoms with van der Waals surface area (Å²) >= 11 is 1.28. The van der Waals surface area contributed by atoms with E-state index in [1.165, 1.54) is 18.4 Å². The second-order valence-electron chi connectivity index (χ2n) is 8.36. The molecule has 0 saturated carbocycles. The third kappa shape index (κ3) is 3.60. The van der Waals surface area contributed by atoms with Gasteiger partial charge in [0.1, 0.15) is 16.1 Å². The molecule has 1 atom stereocenters. The summed E-state index contributed by atoms with van der Waals surface area (Å²) in [5.41, 5.74) is 2.52. The number of urea groups is 1. The number of methoxy groups -OCH3 is 1. The van der Waals surface area contributed by atoms with E-state index < -0.39 is 23.4 Å². The van der Waals surface area contributed by atoms with Gasteiger partial charge in [-0.2, -0.15) is 10.1 Å². The number of thiophene rings is 1. The number of fused-ring (bicyclic) bond motifs is 1. The molecule has 1 fully saturated rings. The normalized spacial score (nSPS) is 18.5. The average molecular weight is 456 g/mol. The summed E-state index contributed by atoms with van der Waals surface area (Å²) in [6.45, 7) is 8.42. The van der Waals surface area contributed by atoms with Gasteiger partial charge < -0.3 is 10.1 Å². The molecule has 0 aliphatic carbocycles. The van der Waals surface area contributed by atoms with Gasteiger partial charge in [0.05, 0.1) is 17.7 Å². The number of carbonyl (C=O) groups excluding carboxylic acids is 3. The van der Waals surface area contributed by atoms with Gasteiger partial charge >= 0.3 is 6.03 Å². The number of ether oxygens (including phenoxy) is 1. The minimum absolute atomic E-state index is 0.397. The van der Waals surface area contributed by atoms with Gasteiger partial charge in [0.25, 0.3) is 11.8 Å².